The van der Waals surface area contributed by atoms with Gasteiger partial charge in [0.2, 0.25) is 0 Å². The van der Waals surface area contributed by atoms with Gasteiger partial charge in [-0.3, -0.25) is 9.79 Å². The smallest absolute Gasteiger partial charge is 0.287 e. The molecule has 0 unspecified atom stereocenters. The van der Waals surface area contributed by atoms with Crippen LogP contribution in [0.1, 0.15) is 25.0 Å². The summed E-state index contributed by atoms with van der Waals surface area (Å²) in [7, 11) is 3.96. The third-order valence-electron chi connectivity index (χ3n) is 4.39. The van der Waals surface area contributed by atoms with Crippen molar-refractivity contribution in [2.75, 3.05) is 32.1 Å². The molecule has 0 aliphatic carbocycles. The van der Waals surface area contributed by atoms with E-state index < -0.39 is 0 Å². The third-order valence-corrected chi connectivity index (χ3v) is 5.39. The number of amidine groups is 1. The lowest BCUT2D eigenvalue weighted by Gasteiger charge is -2.12. The van der Waals surface area contributed by atoms with Crippen molar-refractivity contribution in [3.63, 3.8) is 0 Å². The molecule has 2 aromatic carbocycles. The van der Waals surface area contributed by atoms with Crippen LogP contribution in [0.2, 0.25) is 0 Å². The number of hydrogen-bond donors (Lipinski definition) is 1. The minimum Gasteiger partial charge on any atom is -0.504 e. The van der Waals surface area contributed by atoms with E-state index in [4.69, 9.17) is 4.74 Å². The average Bonchev–Trinajstić information content (AvgIpc) is 3.04. The quantitative estimate of drug-likeness (QED) is 0.518. The number of nitrogens with zero attached hydrogens (tertiary/aromatic N) is 4. The first-order valence-electron chi connectivity index (χ1n) is 9.98. The molecule has 162 valence electrons. The molecule has 0 aromatic heterocycles. The number of carbonyl (C=O) groups excluding carboxylic acids is 1. The molecule has 0 atom stereocenters. The van der Waals surface area contributed by atoms with Crippen molar-refractivity contribution >= 4 is 40.8 Å². The molecule has 0 radical (unpaired) electrons. The van der Waals surface area contributed by atoms with E-state index in [2.05, 4.69) is 10.1 Å². The van der Waals surface area contributed by atoms with Crippen LogP contribution < -0.4 is 9.64 Å². The number of benzene rings is 2. The van der Waals surface area contributed by atoms with Crippen molar-refractivity contribution in [3.05, 3.63) is 58.5 Å². The summed E-state index contributed by atoms with van der Waals surface area (Å²) >= 11 is 1.27. The molecule has 1 aliphatic heterocycles. The van der Waals surface area contributed by atoms with E-state index in [1.54, 1.807) is 30.5 Å². The summed E-state index contributed by atoms with van der Waals surface area (Å²) in [6.07, 6.45) is 3.40. The molecule has 31 heavy (non-hydrogen) atoms. The van der Waals surface area contributed by atoms with Gasteiger partial charge in [0.1, 0.15) is 0 Å². The van der Waals surface area contributed by atoms with E-state index in [1.807, 2.05) is 57.1 Å². The molecule has 1 aliphatic rings. The number of phenolic OH excluding ortho intramolecular Hbond substituents is 1. The molecule has 0 bridgehead atoms. The molecule has 3 rings (SSSR count). The van der Waals surface area contributed by atoms with E-state index in [-0.39, 0.29) is 11.7 Å². The second-order valence-electron chi connectivity index (χ2n) is 6.88. The first-order valence-corrected chi connectivity index (χ1v) is 10.8. The fraction of sp³-hybridized carbons (Fsp3) is 0.261. The van der Waals surface area contributed by atoms with Crippen LogP contribution in [0.5, 0.6) is 11.5 Å². The van der Waals surface area contributed by atoms with Crippen LogP contribution in [-0.4, -0.2) is 54.7 Å². The molecular weight excluding hydrogens is 412 g/mol. The lowest BCUT2D eigenvalue weighted by molar-refractivity contribution is -0.122. The Bertz CT molecular complexity index is 1030. The standard InChI is InChI=1S/C23H26N4O3S/c1-5-24-23-27(25-15-16-7-10-18(11-8-16)26(3)4)22(29)21(31-23)14-17-9-12-19(28)20(13-17)30-6-2/h7-15,28H,5-6H2,1-4H3/b21-14+,24-23?,25-15+. The van der Waals surface area contributed by atoms with Crippen molar-refractivity contribution in [2.45, 2.75) is 13.8 Å². The fourth-order valence-corrected chi connectivity index (χ4v) is 3.81. The van der Waals surface area contributed by atoms with Gasteiger partial charge in [-0.05, 0) is 67.1 Å². The van der Waals surface area contributed by atoms with Gasteiger partial charge >= 0.3 is 0 Å². The normalized spacial score (nSPS) is 16.6. The van der Waals surface area contributed by atoms with Crippen LogP contribution in [0.4, 0.5) is 5.69 Å². The molecule has 1 N–H and O–H groups in total. The molecule has 1 fully saturated rings. The molecule has 0 spiro atoms. The Morgan fingerprint density at radius 2 is 1.84 bits per heavy atom. The number of amides is 1. The number of hydrazone groups is 1. The Morgan fingerprint density at radius 3 is 2.48 bits per heavy atom. The van der Waals surface area contributed by atoms with Crippen LogP contribution >= 0.6 is 11.8 Å². The highest BCUT2D eigenvalue weighted by Gasteiger charge is 2.33. The maximum absolute atomic E-state index is 13.0. The van der Waals surface area contributed by atoms with E-state index in [0.29, 0.717) is 29.0 Å². The largest absolute Gasteiger partial charge is 0.504 e. The number of aliphatic imine (C=N–C) groups is 1. The summed E-state index contributed by atoms with van der Waals surface area (Å²) < 4.78 is 5.43. The first-order chi connectivity index (χ1) is 14.9. The topological polar surface area (TPSA) is 77.7 Å². The molecule has 8 heteroatoms. The van der Waals surface area contributed by atoms with E-state index in [9.17, 15) is 9.90 Å². The van der Waals surface area contributed by atoms with Crippen LogP contribution in [0.25, 0.3) is 6.08 Å². The van der Waals surface area contributed by atoms with Gasteiger partial charge in [0.25, 0.3) is 5.91 Å². The number of rotatable bonds is 7. The van der Waals surface area contributed by atoms with Crippen molar-refractivity contribution < 1.29 is 14.6 Å². The highest BCUT2D eigenvalue weighted by molar-refractivity contribution is 8.18. The summed E-state index contributed by atoms with van der Waals surface area (Å²) in [4.78, 5) is 19.9. The monoisotopic (exact) mass is 438 g/mol. The van der Waals surface area contributed by atoms with E-state index in [1.165, 1.54) is 16.8 Å². The van der Waals surface area contributed by atoms with Crippen molar-refractivity contribution in [2.24, 2.45) is 10.1 Å². The molecule has 7 nitrogen and oxygen atoms in total. The van der Waals surface area contributed by atoms with Gasteiger partial charge in [-0.15, -0.1) is 0 Å². The Labute approximate surface area is 186 Å². The maximum Gasteiger partial charge on any atom is 0.287 e. The van der Waals surface area contributed by atoms with Crippen LogP contribution in [0.3, 0.4) is 0 Å². The highest BCUT2D eigenvalue weighted by Crippen LogP contribution is 2.34. The summed E-state index contributed by atoms with van der Waals surface area (Å²) in [6.45, 7) is 4.74. The van der Waals surface area contributed by atoms with Crippen LogP contribution in [0.15, 0.2) is 57.5 Å². The predicted octanol–water partition coefficient (Wildman–Crippen LogP) is 4.18. The number of aromatic hydroxyl groups is 1. The fourth-order valence-electron chi connectivity index (χ4n) is 2.83. The van der Waals surface area contributed by atoms with Crippen LogP contribution in [0, 0.1) is 0 Å². The highest BCUT2D eigenvalue weighted by atomic mass is 32.2. The zero-order valence-electron chi connectivity index (χ0n) is 18.1. The van der Waals surface area contributed by atoms with Crippen molar-refractivity contribution in [1.29, 1.82) is 0 Å². The van der Waals surface area contributed by atoms with Gasteiger partial charge < -0.3 is 14.7 Å². The van der Waals surface area contributed by atoms with Gasteiger partial charge in [-0.25, -0.2) is 0 Å². The van der Waals surface area contributed by atoms with Crippen molar-refractivity contribution in [1.82, 2.24) is 5.01 Å². The number of carbonyl (C=O) groups is 1. The van der Waals surface area contributed by atoms with Gasteiger partial charge in [0.15, 0.2) is 16.7 Å². The minimum absolute atomic E-state index is 0.0640. The molecule has 1 amide bonds. The van der Waals surface area contributed by atoms with Gasteiger partial charge in [-0.2, -0.15) is 10.1 Å². The Morgan fingerprint density at radius 1 is 1.13 bits per heavy atom. The Balaban J connectivity index is 1.85. The van der Waals surface area contributed by atoms with E-state index in [0.717, 1.165) is 16.8 Å². The molecule has 1 saturated heterocycles. The zero-order chi connectivity index (χ0) is 22.4. The molecule has 1 heterocycles. The molecule has 2 aromatic rings. The number of hydrogen-bond acceptors (Lipinski definition) is 7. The Kier molecular flexibility index (Phi) is 7.36. The SMILES string of the molecule is CCN=C1S/C(=C/c2ccc(O)c(OCC)c2)C(=O)N1/N=C/c1ccc(N(C)C)cc1. The van der Waals surface area contributed by atoms with E-state index >= 15 is 0 Å². The molecular formula is C23H26N4O3S. The second kappa shape index (κ2) is 10.2. The lowest BCUT2D eigenvalue weighted by atomic mass is 10.2. The number of thioether (sulfide) groups is 1. The minimum atomic E-state index is -0.246. The number of anilines is 1. The summed E-state index contributed by atoms with van der Waals surface area (Å²) in [5.74, 6) is 0.198. The zero-order valence-corrected chi connectivity index (χ0v) is 18.9. The third kappa shape index (κ3) is 5.46. The van der Waals surface area contributed by atoms with Crippen LogP contribution in [-0.2, 0) is 4.79 Å². The van der Waals surface area contributed by atoms with Gasteiger partial charge in [0.05, 0.1) is 17.7 Å². The lowest BCUT2D eigenvalue weighted by Crippen LogP contribution is -2.23. The predicted molar refractivity (Wildman–Crippen MR) is 128 cm³/mol. The van der Waals surface area contributed by atoms with Crippen molar-refractivity contribution in [3.8, 4) is 11.5 Å². The summed E-state index contributed by atoms with van der Waals surface area (Å²) in [5.41, 5.74) is 2.72. The summed E-state index contributed by atoms with van der Waals surface area (Å²) in [6, 6.07) is 12.9. The average molecular weight is 439 g/mol. The first kappa shape index (κ1) is 22.4. The summed E-state index contributed by atoms with van der Waals surface area (Å²) in [5, 5.41) is 16.1. The van der Waals surface area contributed by atoms with Gasteiger partial charge in [0, 0.05) is 26.3 Å². The number of phenols is 1. The Hall–Kier alpha value is -3.26. The van der Waals surface area contributed by atoms with Gasteiger partial charge in [-0.1, -0.05) is 18.2 Å². The molecule has 0 saturated carbocycles. The second-order valence-corrected chi connectivity index (χ2v) is 7.88. The number of ether oxygens (including phenoxy) is 1. The maximum atomic E-state index is 13.0.